The van der Waals surface area contributed by atoms with E-state index in [0.29, 0.717) is 28.8 Å². The molecule has 2 aromatic carbocycles. The first-order chi connectivity index (χ1) is 16.0. The summed E-state index contributed by atoms with van der Waals surface area (Å²) in [6.07, 6.45) is 2.98. The van der Waals surface area contributed by atoms with Crippen molar-refractivity contribution in [2.75, 3.05) is 11.1 Å². The number of thioether (sulfide) groups is 1. The highest BCUT2D eigenvalue weighted by Crippen LogP contribution is 2.22. The van der Waals surface area contributed by atoms with Crippen molar-refractivity contribution in [1.29, 1.82) is 0 Å². The largest absolute Gasteiger partial charge is 0.325 e. The van der Waals surface area contributed by atoms with E-state index >= 15 is 0 Å². The summed E-state index contributed by atoms with van der Waals surface area (Å²) in [5, 5.41) is 12.8. The van der Waals surface area contributed by atoms with E-state index < -0.39 is 0 Å². The van der Waals surface area contributed by atoms with Crippen LogP contribution in [0.1, 0.15) is 39.2 Å². The van der Waals surface area contributed by atoms with Crippen LogP contribution in [0.25, 0.3) is 16.7 Å². The Hall–Kier alpha value is -3.13. The number of para-hydroxylation sites is 1. The molecular formula is C25H29N5O2S. The fourth-order valence-corrected chi connectivity index (χ4v) is 4.53. The molecule has 0 atom stereocenters. The molecule has 33 heavy (non-hydrogen) atoms. The molecule has 2 aromatic heterocycles. The monoisotopic (exact) mass is 463 g/mol. The lowest BCUT2D eigenvalue weighted by Crippen LogP contribution is -2.24. The maximum Gasteiger partial charge on any atom is 0.262 e. The van der Waals surface area contributed by atoms with Gasteiger partial charge in [-0.05, 0) is 48.6 Å². The van der Waals surface area contributed by atoms with Crippen LogP contribution in [0.15, 0.2) is 58.5 Å². The fraction of sp³-hybridized carbons (Fsp3) is 0.360. The highest BCUT2D eigenvalue weighted by molar-refractivity contribution is 7.99. The highest BCUT2D eigenvalue weighted by Gasteiger charge is 2.17. The van der Waals surface area contributed by atoms with Crippen molar-refractivity contribution in [3.8, 4) is 0 Å². The van der Waals surface area contributed by atoms with Gasteiger partial charge in [0.05, 0.1) is 16.7 Å². The van der Waals surface area contributed by atoms with Gasteiger partial charge in [0.25, 0.3) is 5.56 Å². The van der Waals surface area contributed by atoms with Gasteiger partial charge in [0.15, 0.2) is 5.16 Å². The van der Waals surface area contributed by atoms with Crippen LogP contribution in [-0.4, -0.2) is 30.8 Å². The Morgan fingerprint density at radius 3 is 2.58 bits per heavy atom. The van der Waals surface area contributed by atoms with Crippen LogP contribution < -0.4 is 10.9 Å². The molecule has 8 heteroatoms. The first-order valence-electron chi connectivity index (χ1n) is 11.4. The Labute approximate surface area is 197 Å². The van der Waals surface area contributed by atoms with Crippen molar-refractivity contribution >= 4 is 40.0 Å². The number of benzene rings is 2. The van der Waals surface area contributed by atoms with Crippen LogP contribution in [0.4, 0.5) is 5.69 Å². The number of hydrogen-bond donors (Lipinski definition) is 1. The molecule has 0 unspecified atom stereocenters. The van der Waals surface area contributed by atoms with Crippen molar-refractivity contribution in [3.05, 3.63) is 64.4 Å². The predicted molar refractivity (Wildman–Crippen MR) is 134 cm³/mol. The minimum Gasteiger partial charge on any atom is -0.325 e. The molecular weight excluding hydrogens is 434 g/mol. The van der Waals surface area contributed by atoms with Gasteiger partial charge in [0, 0.05) is 12.2 Å². The summed E-state index contributed by atoms with van der Waals surface area (Å²) in [5.74, 6) is 1.04. The van der Waals surface area contributed by atoms with Gasteiger partial charge in [-0.1, -0.05) is 63.2 Å². The van der Waals surface area contributed by atoms with E-state index in [9.17, 15) is 9.59 Å². The number of hydrogen-bond acceptors (Lipinski definition) is 5. The number of aromatic nitrogens is 4. The van der Waals surface area contributed by atoms with Crippen LogP contribution >= 0.6 is 11.8 Å². The molecule has 7 nitrogen and oxygen atoms in total. The van der Waals surface area contributed by atoms with E-state index in [1.165, 1.54) is 17.3 Å². The second-order valence-electron chi connectivity index (χ2n) is 8.56. The number of fused-ring (bicyclic) bond motifs is 3. The molecule has 4 rings (SSSR count). The minimum atomic E-state index is -0.113. The van der Waals surface area contributed by atoms with Crippen LogP contribution in [0.5, 0.6) is 0 Å². The molecule has 0 aliphatic carbocycles. The average Bonchev–Trinajstić information content (AvgIpc) is 3.23. The summed E-state index contributed by atoms with van der Waals surface area (Å²) in [7, 11) is 0. The number of amides is 1. The molecule has 0 saturated carbocycles. The Morgan fingerprint density at radius 1 is 1.09 bits per heavy atom. The maximum absolute atomic E-state index is 13.1. The van der Waals surface area contributed by atoms with E-state index in [2.05, 4.69) is 36.3 Å². The molecule has 4 aromatic rings. The van der Waals surface area contributed by atoms with Gasteiger partial charge in [0.2, 0.25) is 11.7 Å². The number of anilines is 1. The summed E-state index contributed by atoms with van der Waals surface area (Å²) in [6, 6.07) is 15.4. The lowest BCUT2D eigenvalue weighted by Gasteiger charge is -2.12. The molecule has 1 N–H and O–H groups in total. The topological polar surface area (TPSA) is 81.3 Å². The Kier molecular flexibility index (Phi) is 7.13. The normalized spacial score (nSPS) is 11.5. The van der Waals surface area contributed by atoms with Crippen LogP contribution in [-0.2, 0) is 17.8 Å². The number of carbonyl (C=O) groups excluding carboxylic acids is 1. The lowest BCUT2D eigenvalue weighted by atomic mass is 10.1. The number of rotatable bonds is 9. The van der Waals surface area contributed by atoms with Gasteiger partial charge in [-0.15, -0.1) is 10.2 Å². The maximum atomic E-state index is 13.1. The van der Waals surface area contributed by atoms with Gasteiger partial charge in [-0.3, -0.25) is 18.6 Å². The van der Waals surface area contributed by atoms with Crippen molar-refractivity contribution in [1.82, 2.24) is 19.2 Å². The standard InChI is InChI=1S/C25H29N5O2S/c1-4-7-18-10-12-19(13-11-18)26-22(31)16-33-25-28-27-24-29(15-14-17(2)3)23(32)20-8-5-6-9-21(20)30(24)25/h5-6,8-13,17H,4,7,14-16H2,1-3H3,(H,26,31). The van der Waals surface area contributed by atoms with E-state index in [4.69, 9.17) is 0 Å². The van der Waals surface area contributed by atoms with Gasteiger partial charge in [-0.25, -0.2) is 0 Å². The molecule has 0 aliphatic rings. The highest BCUT2D eigenvalue weighted by atomic mass is 32.2. The first-order valence-corrected chi connectivity index (χ1v) is 12.3. The summed E-state index contributed by atoms with van der Waals surface area (Å²) >= 11 is 1.31. The molecule has 2 heterocycles. The SMILES string of the molecule is CCCc1ccc(NC(=O)CSc2nnc3n(CCC(C)C)c(=O)c4ccccc4n23)cc1. The zero-order chi connectivity index (χ0) is 23.4. The molecule has 0 spiro atoms. The zero-order valence-corrected chi connectivity index (χ0v) is 20.1. The lowest BCUT2D eigenvalue weighted by molar-refractivity contribution is -0.113. The van der Waals surface area contributed by atoms with Gasteiger partial charge in [0.1, 0.15) is 0 Å². The van der Waals surface area contributed by atoms with Crippen molar-refractivity contribution < 1.29 is 4.79 Å². The quantitative estimate of drug-likeness (QED) is 0.362. The molecule has 172 valence electrons. The molecule has 0 fully saturated rings. The van der Waals surface area contributed by atoms with E-state index in [0.717, 1.165) is 30.5 Å². The van der Waals surface area contributed by atoms with Crippen molar-refractivity contribution in [2.24, 2.45) is 5.92 Å². The molecule has 0 radical (unpaired) electrons. The van der Waals surface area contributed by atoms with Crippen LogP contribution in [0.3, 0.4) is 0 Å². The van der Waals surface area contributed by atoms with Gasteiger partial charge in [-0.2, -0.15) is 0 Å². The van der Waals surface area contributed by atoms with E-state index in [1.807, 2.05) is 52.9 Å². The average molecular weight is 464 g/mol. The number of carbonyl (C=O) groups is 1. The third kappa shape index (κ3) is 5.11. The summed E-state index contributed by atoms with van der Waals surface area (Å²) < 4.78 is 3.58. The third-order valence-corrected chi connectivity index (χ3v) is 6.45. The third-order valence-electron chi connectivity index (χ3n) is 5.52. The Balaban J connectivity index is 1.58. The van der Waals surface area contributed by atoms with Crippen molar-refractivity contribution in [2.45, 2.75) is 51.7 Å². The minimum absolute atomic E-state index is 0.0630. The summed E-state index contributed by atoms with van der Waals surface area (Å²) in [6.45, 7) is 6.98. The van der Waals surface area contributed by atoms with E-state index in [1.54, 1.807) is 4.57 Å². The number of nitrogens with zero attached hydrogens (tertiary/aromatic N) is 4. The van der Waals surface area contributed by atoms with Gasteiger partial charge < -0.3 is 5.32 Å². The summed E-state index contributed by atoms with van der Waals surface area (Å²) in [4.78, 5) is 25.7. The van der Waals surface area contributed by atoms with E-state index in [-0.39, 0.29) is 17.2 Å². The van der Waals surface area contributed by atoms with Crippen molar-refractivity contribution in [3.63, 3.8) is 0 Å². The molecule has 0 bridgehead atoms. The summed E-state index contributed by atoms with van der Waals surface area (Å²) in [5.41, 5.74) is 2.72. The van der Waals surface area contributed by atoms with Gasteiger partial charge >= 0.3 is 0 Å². The van der Waals surface area contributed by atoms with Crippen LogP contribution in [0, 0.1) is 5.92 Å². The Morgan fingerprint density at radius 2 is 1.85 bits per heavy atom. The molecule has 0 aliphatic heterocycles. The fourth-order valence-electron chi connectivity index (χ4n) is 3.79. The molecule has 0 saturated heterocycles. The Bertz CT molecular complexity index is 1320. The number of aryl methyl sites for hydroxylation is 2. The second kappa shape index (κ2) is 10.2. The second-order valence-corrected chi connectivity index (χ2v) is 9.50. The first kappa shape index (κ1) is 23.0. The predicted octanol–water partition coefficient (Wildman–Crippen LogP) is 4.77. The number of nitrogens with one attached hydrogen (secondary N) is 1. The van der Waals surface area contributed by atoms with Crippen LogP contribution in [0.2, 0.25) is 0 Å². The zero-order valence-electron chi connectivity index (χ0n) is 19.2. The smallest absolute Gasteiger partial charge is 0.262 e. The molecule has 1 amide bonds.